The molecule has 3 aromatic rings. The average Bonchev–Trinajstić information content (AvgIpc) is 3.25. The van der Waals surface area contributed by atoms with Crippen molar-refractivity contribution in [2.24, 2.45) is 4.99 Å². The highest BCUT2D eigenvalue weighted by molar-refractivity contribution is 6.30. The Kier molecular flexibility index (Phi) is 7.40. The van der Waals surface area contributed by atoms with E-state index in [2.05, 4.69) is 31.1 Å². The van der Waals surface area contributed by atoms with Crippen LogP contribution in [0.5, 0.6) is 0 Å². The van der Waals surface area contributed by atoms with Gasteiger partial charge in [0.1, 0.15) is 0 Å². The van der Waals surface area contributed by atoms with E-state index in [0.717, 1.165) is 17.5 Å². The summed E-state index contributed by atoms with van der Waals surface area (Å²) in [5, 5.41) is 13.6. The van der Waals surface area contributed by atoms with Crippen LogP contribution in [0.2, 0.25) is 5.02 Å². The fraction of sp³-hybridized carbons (Fsp3) is 0.238. The van der Waals surface area contributed by atoms with Crippen molar-refractivity contribution in [2.75, 3.05) is 20.6 Å². The number of hydrogen-bond acceptors (Lipinski definition) is 5. The molecule has 0 fully saturated rings. The van der Waals surface area contributed by atoms with Gasteiger partial charge in [0.25, 0.3) is 5.91 Å². The van der Waals surface area contributed by atoms with Gasteiger partial charge in [0, 0.05) is 36.8 Å². The monoisotopic (exact) mass is 426 g/mol. The van der Waals surface area contributed by atoms with Crippen LogP contribution in [-0.2, 0) is 13.0 Å². The van der Waals surface area contributed by atoms with Crippen LogP contribution < -0.4 is 16.0 Å². The molecular formula is C21H23ClN6O2. The molecule has 9 heteroatoms. The van der Waals surface area contributed by atoms with E-state index in [1.54, 1.807) is 32.3 Å². The van der Waals surface area contributed by atoms with Crippen LogP contribution in [0.15, 0.2) is 58.0 Å². The number of halogens is 1. The van der Waals surface area contributed by atoms with Crippen molar-refractivity contribution < 1.29 is 9.32 Å². The van der Waals surface area contributed by atoms with Gasteiger partial charge in [-0.05, 0) is 48.4 Å². The highest BCUT2D eigenvalue weighted by Gasteiger charge is 2.09. The van der Waals surface area contributed by atoms with Gasteiger partial charge in [0.05, 0.1) is 6.54 Å². The van der Waals surface area contributed by atoms with Gasteiger partial charge in [0.15, 0.2) is 5.96 Å². The lowest BCUT2D eigenvalue weighted by atomic mass is 10.1. The zero-order valence-electron chi connectivity index (χ0n) is 16.8. The van der Waals surface area contributed by atoms with Gasteiger partial charge in [-0.3, -0.25) is 9.79 Å². The maximum atomic E-state index is 11.7. The van der Waals surface area contributed by atoms with Crippen LogP contribution in [-0.4, -0.2) is 42.6 Å². The van der Waals surface area contributed by atoms with Crippen LogP contribution in [0.1, 0.15) is 21.8 Å². The maximum Gasteiger partial charge on any atom is 0.251 e. The Morgan fingerprint density at radius 3 is 2.70 bits per heavy atom. The summed E-state index contributed by atoms with van der Waals surface area (Å²) in [4.78, 5) is 20.3. The minimum Gasteiger partial charge on any atom is -0.356 e. The number of aromatic nitrogens is 2. The molecule has 3 N–H and O–H groups in total. The molecule has 0 saturated heterocycles. The zero-order valence-corrected chi connectivity index (χ0v) is 17.5. The zero-order chi connectivity index (χ0) is 21.3. The van der Waals surface area contributed by atoms with Crippen LogP contribution >= 0.6 is 11.6 Å². The van der Waals surface area contributed by atoms with Gasteiger partial charge < -0.3 is 20.5 Å². The molecule has 0 spiro atoms. The summed E-state index contributed by atoms with van der Waals surface area (Å²) in [5.74, 6) is 1.46. The number of carbonyl (C=O) groups excluding carboxylic acids is 1. The number of amides is 1. The number of rotatable bonds is 7. The van der Waals surface area contributed by atoms with E-state index in [0.29, 0.717) is 41.4 Å². The van der Waals surface area contributed by atoms with E-state index < -0.39 is 0 Å². The first kappa shape index (κ1) is 21.3. The van der Waals surface area contributed by atoms with Crippen molar-refractivity contribution in [3.8, 4) is 11.4 Å². The Hall–Kier alpha value is -3.39. The number of nitrogens with one attached hydrogen (secondary N) is 3. The third kappa shape index (κ3) is 5.81. The molecule has 0 aliphatic heterocycles. The minimum atomic E-state index is -0.0974. The largest absolute Gasteiger partial charge is 0.356 e. The van der Waals surface area contributed by atoms with Crippen molar-refractivity contribution in [1.82, 2.24) is 26.1 Å². The molecule has 0 unspecified atom stereocenters. The average molecular weight is 427 g/mol. The molecule has 3 rings (SSSR count). The van der Waals surface area contributed by atoms with Crippen molar-refractivity contribution in [2.45, 2.75) is 13.0 Å². The van der Waals surface area contributed by atoms with Gasteiger partial charge in [-0.25, -0.2) is 0 Å². The maximum absolute atomic E-state index is 11.7. The first-order valence-electron chi connectivity index (χ1n) is 9.43. The summed E-state index contributed by atoms with van der Waals surface area (Å²) < 4.78 is 5.29. The van der Waals surface area contributed by atoms with Crippen LogP contribution in [0, 0.1) is 0 Å². The lowest BCUT2D eigenvalue weighted by Gasteiger charge is -2.10. The molecule has 2 aromatic carbocycles. The molecule has 30 heavy (non-hydrogen) atoms. The van der Waals surface area contributed by atoms with Crippen LogP contribution in [0.4, 0.5) is 0 Å². The molecular weight excluding hydrogens is 404 g/mol. The molecule has 0 saturated carbocycles. The molecule has 0 aliphatic carbocycles. The summed E-state index contributed by atoms with van der Waals surface area (Å²) in [6, 6.07) is 14.8. The van der Waals surface area contributed by atoms with E-state index in [1.807, 2.05) is 30.3 Å². The van der Waals surface area contributed by atoms with Gasteiger partial charge in [-0.15, -0.1) is 0 Å². The van der Waals surface area contributed by atoms with E-state index in [9.17, 15) is 4.79 Å². The third-order valence-corrected chi connectivity index (χ3v) is 4.58. The second-order valence-electron chi connectivity index (χ2n) is 6.40. The fourth-order valence-corrected chi connectivity index (χ4v) is 2.89. The Morgan fingerprint density at radius 2 is 1.97 bits per heavy atom. The molecule has 0 aliphatic rings. The van der Waals surface area contributed by atoms with Crippen molar-refractivity contribution in [3.05, 3.63) is 70.6 Å². The Morgan fingerprint density at radius 1 is 1.17 bits per heavy atom. The second-order valence-corrected chi connectivity index (χ2v) is 6.84. The SMILES string of the molecule is CN=C(NCCc1cccc(C(=O)NC)c1)NCc1nc(-c2ccc(Cl)cc2)no1. The molecule has 8 nitrogen and oxygen atoms in total. The molecule has 156 valence electrons. The summed E-state index contributed by atoms with van der Waals surface area (Å²) >= 11 is 5.90. The van der Waals surface area contributed by atoms with E-state index >= 15 is 0 Å². The topological polar surface area (TPSA) is 104 Å². The van der Waals surface area contributed by atoms with Crippen molar-refractivity contribution in [1.29, 1.82) is 0 Å². The van der Waals surface area contributed by atoms with E-state index in [1.165, 1.54) is 0 Å². The second kappa shape index (κ2) is 10.4. The molecule has 0 atom stereocenters. The van der Waals surface area contributed by atoms with Crippen molar-refractivity contribution >= 4 is 23.5 Å². The number of guanidine groups is 1. The first-order valence-corrected chi connectivity index (χ1v) is 9.81. The number of carbonyl (C=O) groups is 1. The molecule has 0 bridgehead atoms. The third-order valence-electron chi connectivity index (χ3n) is 4.32. The Balaban J connectivity index is 1.49. The number of nitrogens with zero attached hydrogens (tertiary/aromatic N) is 3. The van der Waals surface area contributed by atoms with Gasteiger partial charge in [-0.2, -0.15) is 4.98 Å². The Bertz CT molecular complexity index is 1020. The number of benzene rings is 2. The normalized spacial score (nSPS) is 11.2. The van der Waals surface area contributed by atoms with Gasteiger partial charge in [-0.1, -0.05) is 28.9 Å². The molecule has 1 amide bonds. The summed E-state index contributed by atoms with van der Waals surface area (Å²) in [5.41, 5.74) is 2.53. The van der Waals surface area contributed by atoms with Gasteiger partial charge in [0.2, 0.25) is 11.7 Å². The van der Waals surface area contributed by atoms with Crippen molar-refractivity contribution in [3.63, 3.8) is 0 Å². The number of aliphatic imine (C=N–C) groups is 1. The summed E-state index contributed by atoms with van der Waals surface area (Å²) in [6.45, 7) is 0.989. The first-order chi connectivity index (χ1) is 14.6. The summed E-state index contributed by atoms with van der Waals surface area (Å²) in [6.07, 6.45) is 0.743. The lowest BCUT2D eigenvalue weighted by molar-refractivity contribution is 0.0963. The van der Waals surface area contributed by atoms with E-state index in [-0.39, 0.29) is 5.91 Å². The standard InChI is InChI=1S/C21H23ClN6O2/c1-23-20(29)16-5-3-4-14(12-16)10-11-25-21(24-2)26-13-18-27-19(28-30-18)15-6-8-17(22)9-7-15/h3-9,12H,10-11,13H2,1-2H3,(H,23,29)(H2,24,25,26). The van der Waals surface area contributed by atoms with Gasteiger partial charge >= 0.3 is 0 Å². The number of hydrogen-bond donors (Lipinski definition) is 3. The lowest BCUT2D eigenvalue weighted by Crippen LogP contribution is -2.37. The fourth-order valence-electron chi connectivity index (χ4n) is 2.76. The van der Waals surface area contributed by atoms with E-state index in [4.69, 9.17) is 16.1 Å². The minimum absolute atomic E-state index is 0.0974. The highest BCUT2D eigenvalue weighted by atomic mass is 35.5. The predicted molar refractivity (Wildman–Crippen MR) is 116 cm³/mol. The molecule has 1 heterocycles. The quantitative estimate of drug-likeness (QED) is 0.396. The van der Waals surface area contributed by atoms with Crippen LogP contribution in [0.25, 0.3) is 11.4 Å². The Labute approximate surface area is 179 Å². The predicted octanol–water partition coefficient (Wildman–Crippen LogP) is 2.66. The summed E-state index contributed by atoms with van der Waals surface area (Å²) in [7, 11) is 3.31. The van der Waals surface area contributed by atoms with Crippen LogP contribution in [0.3, 0.4) is 0 Å². The molecule has 1 aromatic heterocycles. The smallest absolute Gasteiger partial charge is 0.251 e. The molecule has 0 radical (unpaired) electrons. The highest BCUT2D eigenvalue weighted by Crippen LogP contribution is 2.18.